The zero-order chi connectivity index (χ0) is 22.7. The van der Waals surface area contributed by atoms with E-state index in [0.717, 1.165) is 17.1 Å². The third kappa shape index (κ3) is 4.32. The van der Waals surface area contributed by atoms with E-state index < -0.39 is 5.82 Å². The highest BCUT2D eigenvalue weighted by Gasteiger charge is 2.24. The maximum absolute atomic E-state index is 14.4. The average Bonchev–Trinajstić information content (AvgIpc) is 2.82. The summed E-state index contributed by atoms with van der Waals surface area (Å²) in [7, 11) is 0. The fourth-order valence-electron chi connectivity index (χ4n) is 3.93. The van der Waals surface area contributed by atoms with Gasteiger partial charge in [-0.2, -0.15) is 0 Å². The molecule has 1 aliphatic heterocycles. The first-order valence-electron chi connectivity index (χ1n) is 10.4. The van der Waals surface area contributed by atoms with Crippen molar-refractivity contribution in [1.82, 2.24) is 4.90 Å². The van der Waals surface area contributed by atoms with E-state index in [4.69, 9.17) is 4.74 Å². The normalized spacial score (nSPS) is 13.8. The maximum Gasteiger partial charge on any atom is 0.260 e. The van der Waals surface area contributed by atoms with E-state index in [1.165, 1.54) is 13.0 Å². The minimum Gasteiger partial charge on any atom is -0.483 e. The highest BCUT2D eigenvalue weighted by atomic mass is 19.1. The van der Waals surface area contributed by atoms with Gasteiger partial charge >= 0.3 is 0 Å². The number of fused-ring (bicyclic) bond motifs is 1. The first-order valence-corrected chi connectivity index (χ1v) is 10.4. The Hall–Kier alpha value is -3.74. The summed E-state index contributed by atoms with van der Waals surface area (Å²) in [5.74, 6) is -0.450. The Balaban J connectivity index is 1.37. The molecule has 3 aromatic rings. The van der Waals surface area contributed by atoms with Gasteiger partial charge in [0, 0.05) is 31.7 Å². The summed E-state index contributed by atoms with van der Waals surface area (Å²) in [5, 5.41) is 1.70. The fraction of sp³-hybridized carbons (Fsp3) is 0.240. The van der Waals surface area contributed by atoms with Gasteiger partial charge in [0.15, 0.2) is 18.7 Å². The second kappa shape index (κ2) is 9.18. The molecule has 0 spiro atoms. The van der Waals surface area contributed by atoms with Crippen LogP contribution in [0, 0.1) is 5.82 Å². The van der Waals surface area contributed by atoms with Gasteiger partial charge in [0.2, 0.25) is 0 Å². The van der Waals surface area contributed by atoms with Crippen LogP contribution in [0.15, 0.2) is 54.6 Å². The molecule has 0 aliphatic carbocycles. The molecule has 0 N–H and O–H groups in total. The number of halogens is 1. The number of hydrogen-bond donors (Lipinski definition) is 0. The Labute approximate surface area is 185 Å². The minimum absolute atomic E-state index is 0.180. The maximum atomic E-state index is 14.4. The number of ether oxygens (including phenoxy) is 1. The van der Waals surface area contributed by atoms with Crippen molar-refractivity contribution in [1.29, 1.82) is 0 Å². The summed E-state index contributed by atoms with van der Waals surface area (Å²) < 4.78 is 20.1. The predicted molar refractivity (Wildman–Crippen MR) is 120 cm³/mol. The van der Waals surface area contributed by atoms with Crippen LogP contribution in [0.5, 0.6) is 5.75 Å². The van der Waals surface area contributed by atoms with E-state index in [1.54, 1.807) is 23.1 Å². The molecule has 164 valence electrons. The molecule has 32 heavy (non-hydrogen) atoms. The zero-order valence-electron chi connectivity index (χ0n) is 17.7. The van der Waals surface area contributed by atoms with Crippen molar-refractivity contribution >= 4 is 34.4 Å². The second-order valence-corrected chi connectivity index (χ2v) is 7.70. The molecule has 6 nitrogen and oxygen atoms in total. The van der Waals surface area contributed by atoms with Crippen molar-refractivity contribution in [3.8, 4) is 5.75 Å². The Morgan fingerprint density at radius 1 is 1.03 bits per heavy atom. The molecule has 1 heterocycles. The van der Waals surface area contributed by atoms with Crippen LogP contribution in [-0.4, -0.2) is 55.7 Å². The molecule has 1 aliphatic rings. The van der Waals surface area contributed by atoms with Gasteiger partial charge in [-0.05, 0) is 42.0 Å². The minimum atomic E-state index is -0.446. The number of piperazine rings is 1. The summed E-state index contributed by atoms with van der Waals surface area (Å²) in [6, 6.07) is 15.5. The lowest BCUT2D eigenvalue weighted by Crippen LogP contribution is -2.50. The van der Waals surface area contributed by atoms with E-state index in [1.807, 2.05) is 35.2 Å². The lowest BCUT2D eigenvalue weighted by molar-refractivity contribution is -0.133. The molecule has 7 heteroatoms. The van der Waals surface area contributed by atoms with Crippen molar-refractivity contribution < 1.29 is 23.5 Å². The van der Waals surface area contributed by atoms with Crippen LogP contribution in [0.1, 0.15) is 27.6 Å². The standard InChI is InChI=1S/C25H23FN2O4/c1-17(30)19-6-8-23(22(26)14-19)27-10-12-28(13-11-27)25(31)16-32-24-9-7-18-4-2-3-5-20(18)21(24)15-29/h2-9,14-15H,10-13,16H2,1H3. The number of Topliss-reactive ketones (excluding diaryl/α,β-unsaturated/α-hetero) is 1. The number of aldehydes is 1. The number of carbonyl (C=O) groups is 3. The lowest BCUT2D eigenvalue weighted by Gasteiger charge is -2.36. The molecular weight excluding hydrogens is 411 g/mol. The largest absolute Gasteiger partial charge is 0.483 e. The third-order valence-electron chi connectivity index (χ3n) is 5.73. The van der Waals surface area contributed by atoms with Gasteiger partial charge in [-0.3, -0.25) is 14.4 Å². The van der Waals surface area contributed by atoms with Gasteiger partial charge in [-0.25, -0.2) is 4.39 Å². The fourth-order valence-corrected chi connectivity index (χ4v) is 3.93. The Morgan fingerprint density at radius 2 is 1.78 bits per heavy atom. The van der Waals surface area contributed by atoms with Crippen molar-refractivity contribution in [2.24, 2.45) is 0 Å². The molecule has 0 unspecified atom stereocenters. The van der Waals surface area contributed by atoms with Crippen molar-refractivity contribution in [2.45, 2.75) is 6.92 Å². The molecule has 1 saturated heterocycles. The summed E-state index contributed by atoms with van der Waals surface area (Å²) in [6.45, 7) is 3.01. The number of hydrogen-bond acceptors (Lipinski definition) is 5. The van der Waals surface area contributed by atoms with Gasteiger partial charge in [0.25, 0.3) is 5.91 Å². The zero-order valence-corrected chi connectivity index (χ0v) is 17.7. The molecule has 0 bridgehead atoms. The van der Waals surface area contributed by atoms with Crippen LogP contribution < -0.4 is 9.64 Å². The molecule has 0 radical (unpaired) electrons. The molecule has 1 amide bonds. The highest BCUT2D eigenvalue weighted by Crippen LogP contribution is 2.27. The van der Waals surface area contributed by atoms with E-state index >= 15 is 0 Å². The second-order valence-electron chi connectivity index (χ2n) is 7.70. The number of ketones is 1. The first-order chi connectivity index (χ1) is 15.5. The Kier molecular flexibility index (Phi) is 6.16. The summed E-state index contributed by atoms with van der Waals surface area (Å²) in [5.41, 5.74) is 1.18. The van der Waals surface area contributed by atoms with Gasteiger partial charge in [-0.1, -0.05) is 30.3 Å². The number of amides is 1. The van der Waals surface area contributed by atoms with E-state index in [-0.39, 0.29) is 18.3 Å². The first kappa shape index (κ1) is 21.5. The van der Waals surface area contributed by atoms with E-state index in [9.17, 15) is 18.8 Å². The predicted octanol–water partition coefficient (Wildman–Crippen LogP) is 3.72. The highest BCUT2D eigenvalue weighted by molar-refractivity contribution is 6.01. The van der Waals surface area contributed by atoms with Crippen molar-refractivity contribution in [2.75, 3.05) is 37.7 Å². The van der Waals surface area contributed by atoms with Gasteiger partial charge in [0.05, 0.1) is 11.3 Å². The lowest BCUT2D eigenvalue weighted by atomic mass is 10.0. The molecule has 3 aromatic carbocycles. The van der Waals surface area contributed by atoms with Crippen LogP contribution in [0.2, 0.25) is 0 Å². The smallest absolute Gasteiger partial charge is 0.260 e. The number of rotatable bonds is 6. The van der Waals surface area contributed by atoms with Gasteiger partial charge in [0.1, 0.15) is 11.6 Å². The average molecular weight is 434 g/mol. The van der Waals surface area contributed by atoms with Crippen LogP contribution in [0.3, 0.4) is 0 Å². The quantitative estimate of drug-likeness (QED) is 0.437. The van der Waals surface area contributed by atoms with Crippen LogP contribution in [0.4, 0.5) is 10.1 Å². The monoisotopic (exact) mass is 434 g/mol. The van der Waals surface area contributed by atoms with E-state index in [2.05, 4.69) is 0 Å². The van der Waals surface area contributed by atoms with Crippen LogP contribution in [-0.2, 0) is 4.79 Å². The number of nitrogens with zero attached hydrogens (tertiary/aromatic N) is 2. The summed E-state index contributed by atoms with van der Waals surface area (Å²) in [4.78, 5) is 39.2. The molecule has 0 atom stereocenters. The topological polar surface area (TPSA) is 66.9 Å². The van der Waals surface area contributed by atoms with Gasteiger partial charge < -0.3 is 14.5 Å². The summed E-state index contributed by atoms with van der Waals surface area (Å²) in [6.07, 6.45) is 0.743. The molecule has 0 aromatic heterocycles. The molecule has 0 saturated carbocycles. The summed E-state index contributed by atoms with van der Waals surface area (Å²) >= 11 is 0. The molecule has 1 fully saturated rings. The van der Waals surface area contributed by atoms with Crippen LogP contribution >= 0.6 is 0 Å². The van der Waals surface area contributed by atoms with Gasteiger partial charge in [-0.15, -0.1) is 0 Å². The number of benzene rings is 3. The number of anilines is 1. The van der Waals surface area contributed by atoms with E-state index in [0.29, 0.717) is 48.7 Å². The number of carbonyl (C=O) groups excluding carboxylic acids is 3. The molecular formula is C25H23FN2O4. The van der Waals surface area contributed by atoms with Crippen molar-refractivity contribution in [3.05, 3.63) is 71.5 Å². The Morgan fingerprint density at radius 3 is 2.47 bits per heavy atom. The third-order valence-corrected chi connectivity index (χ3v) is 5.73. The van der Waals surface area contributed by atoms with Crippen LogP contribution in [0.25, 0.3) is 10.8 Å². The van der Waals surface area contributed by atoms with Crippen molar-refractivity contribution in [3.63, 3.8) is 0 Å². The molecule has 4 rings (SSSR count). The Bertz CT molecular complexity index is 1190. The SMILES string of the molecule is CC(=O)c1ccc(N2CCN(C(=O)COc3ccc4ccccc4c3C=O)CC2)c(F)c1.